The smallest absolute Gasteiger partial charge is 0.126 e. The lowest BCUT2D eigenvalue weighted by Crippen LogP contribution is -2.51. The van der Waals surface area contributed by atoms with Crippen LogP contribution in [0.2, 0.25) is 0 Å². The predicted molar refractivity (Wildman–Crippen MR) is 57.7 cm³/mol. The molecule has 1 heterocycles. The number of aliphatic hydroxyl groups excluding tert-OH is 1. The van der Waals surface area contributed by atoms with Gasteiger partial charge in [-0.3, -0.25) is 0 Å². The Kier molecular flexibility index (Phi) is 2.02. The molecule has 0 bridgehead atoms. The van der Waals surface area contributed by atoms with Crippen LogP contribution in [0, 0.1) is 11.7 Å². The van der Waals surface area contributed by atoms with Gasteiger partial charge in [-0.25, -0.2) is 4.39 Å². The highest BCUT2D eigenvalue weighted by atomic mass is 19.1. The van der Waals surface area contributed by atoms with Gasteiger partial charge in [-0.15, -0.1) is 0 Å². The number of hydrogen-bond acceptors (Lipinski definition) is 2. The van der Waals surface area contributed by atoms with Gasteiger partial charge in [0.15, 0.2) is 0 Å². The Morgan fingerprint density at radius 2 is 2.12 bits per heavy atom. The summed E-state index contributed by atoms with van der Waals surface area (Å²) in [6.45, 7) is 2.18. The maximum Gasteiger partial charge on any atom is 0.126 e. The van der Waals surface area contributed by atoms with E-state index in [-0.39, 0.29) is 11.4 Å². The summed E-state index contributed by atoms with van der Waals surface area (Å²) in [6, 6.07) is 4.37. The van der Waals surface area contributed by atoms with Gasteiger partial charge in [-0.1, -0.05) is 6.92 Å². The van der Waals surface area contributed by atoms with Gasteiger partial charge in [-0.2, -0.15) is 0 Å². The number of benzene rings is 1. The zero-order valence-corrected chi connectivity index (χ0v) is 9.24. The van der Waals surface area contributed by atoms with E-state index < -0.39 is 6.10 Å². The number of aliphatic hydroxyl groups is 1. The highest BCUT2D eigenvalue weighted by Crippen LogP contribution is 2.51. The van der Waals surface area contributed by atoms with Gasteiger partial charge in [0.05, 0.1) is 6.10 Å². The summed E-state index contributed by atoms with van der Waals surface area (Å²) in [4.78, 5) is 0. The molecule has 0 aromatic heterocycles. The van der Waals surface area contributed by atoms with Gasteiger partial charge in [0, 0.05) is 12.0 Å². The molecule has 2 nitrogen and oxygen atoms in total. The minimum Gasteiger partial charge on any atom is -0.487 e. The van der Waals surface area contributed by atoms with Crippen LogP contribution in [0.25, 0.3) is 0 Å². The Balaban J connectivity index is 1.94. The normalized spacial score (nSPS) is 36.4. The summed E-state index contributed by atoms with van der Waals surface area (Å²) in [5.41, 5.74) is 0.397. The standard InChI is InChI=1S/C13H15FO2/c1-8-5-13(6-8)7-11(15)10-4-9(14)2-3-12(10)16-13/h2-4,8,11,15H,5-7H2,1H3. The second kappa shape index (κ2) is 3.20. The van der Waals surface area contributed by atoms with E-state index in [4.69, 9.17) is 4.74 Å². The van der Waals surface area contributed by atoms with E-state index in [1.807, 2.05) is 0 Å². The van der Waals surface area contributed by atoms with Crippen molar-refractivity contribution >= 4 is 0 Å². The van der Waals surface area contributed by atoms with Crippen molar-refractivity contribution in [2.24, 2.45) is 5.92 Å². The van der Waals surface area contributed by atoms with E-state index in [9.17, 15) is 9.50 Å². The second-order valence-corrected chi connectivity index (χ2v) is 5.20. The van der Waals surface area contributed by atoms with Crippen LogP contribution < -0.4 is 4.74 Å². The van der Waals surface area contributed by atoms with Crippen LogP contribution in [-0.2, 0) is 0 Å². The molecule has 1 spiro atoms. The number of halogens is 1. The quantitative estimate of drug-likeness (QED) is 0.731. The van der Waals surface area contributed by atoms with Crippen molar-refractivity contribution in [2.75, 3.05) is 0 Å². The molecule has 1 unspecified atom stereocenters. The molecule has 16 heavy (non-hydrogen) atoms. The number of rotatable bonds is 0. The predicted octanol–water partition coefficient (Wildman–Crippen LogP) is 2.81. The van der Waals surface area contributed by atoms with Crippen molar-refractivity contribution < 1.29 is 14.2 Å². The summed E-state index contributed by atoms with van der Waals surface area (Å²) in [7, 11) is 0. The van der Waals surface area contributed by atoms with Gasteiger partial charge in [0.25, 0.3) is 0 Å². The molecular weight excluding hydrogens is 207 g/mol. The van der Waals surface area contributed by atoms with Crippen LogP contribution in [0.3, 0.4) is 0 Å². The van der Waals surface area contributed by atoms with Crippen LogP contribution in [0.1, 0.15) is 37.9 Å². The Bertz CT molecular complexity index is 424. The maximum absolute atomic E-state index is 13.1. The first-order valence-corrected chi connectivity index (χ1v) is 5.74. The molecule has 1 aliphatic carbocycles. The molecule has 0 saturated heterocycles. The van der Waals surface area contributed by atoms with E-state index in [0.29, 0.717) is 23.7 Å². The van der Waals surface area contributed by atoms with Gasteiger partial charge in [0.1, 0.15) is 17.2 Å². The minimum atomic E-state index is -0.591. The Labute approximate surface area is 94.0 Å². The fraction of sp³-hybridized carbons (Fsp3) is 0.538. The topological polar surface area (TPSA) is 29.5 Å². The van der Waals surface area contributed by atoms with Gasteiger partial charge in [-0.05, 0) is 37.0 Å². The lowest BCUT2D eigenvalue weighted by atomic mass is 9.67. The van der Waals surface area contributed by atoms with E-state index in [1.54, 1.807) is 6.07 Å². The number of fused-ring (bicyclic) bond motifs is 1. The van der Waals surface area contributed by atoms with Crippen molar-refractivity contribution in [3.05, 3.63) is 29.6 Å². The molecule has 86 valence electrons. The fourth-order valence-corrected chi connectivity index (χ4v) is 3.07. The lowest BCUT2D eigenvalue weighted by Gasteiger charge is -2.50. The average molecular weight is 222 g/mol. The number of hydrogen-bond donors (Lipinski definition) is 1. The molecule has 0 amide bonds. The average Bonchev–Trinajstić information content (AvgIpc) is 2.17. The van der Waals surface area contributed by atoms with Crippen molar-refractivity contribution in [2.45, 2.75) is 37.9 Å². The third kappa shape index (κ3) is 1.42. The molecule has 2 aliphatic rings. The van der Waals surface area contributed by atoms with Crippen molar-refractivity contribution in [3.63, 3.8) is 0 Å². The van der Waals surface area contributed by atoms with Crippen molar-refractivity contribution in [1.82, 2.24) is 0 Å². The van der Waals surface area contributed by atoms with Crippen LogP contribution in [0.15, 0.2) is 18.2 Å². The van der Waals surface area contributed by atoms with Crippen LogP contribution in [-0.4, -0.2) is 10.7 Å². The molecule has 1 aromatic rings. The molecule has 1 saturated carbocycles. The Morgan fingerprint density at radius 1 is 1.38 bits per heavy atom. The summed E-state index contributed by atoms with van der Waals surface area (Å²) < 4.78 is 19.0. The first kappa shape index (κ1) is 10.1. The molecule has 3 rings (SSSR count). The highest BCUT2D eigenvalue weighted by molar-refractivity contribution is 5.39. The third-order valence-corrected chi connectivity index (χ3v) is 3.66. The monoisotopic (exact) mass is 222 g/mol. The molecule has 1 aliphatic heterocycles. The van der Waals surface area contributed by atoms with Gasteiger partial charge in [0.2, 0.25) is 0 Å². The first-order valence-electron chi connectivity index (χ1n) is 5.74. The lowest BCUT2D eigenvalue weighted by molar-refractivity contribution is -0.0926. The first-order chi connectivity index (χ1) is 7.58. The summed E-state index contributed by atoms with van der Waals surface area (Å²) in [5, 5.41) is 10.0. The Hall–Kier alpha value is -1.09. The molecule has 1 aromatic carbocycles. The Morgan fingerprint density at radius 3 is 2.81 bits per heavy atom. The van der Waals surface area contributed by atoms with Crippen molar-refractivity contribution in [3.8, 4) is 5.75 Å². The highest BCUT2D eigenvalue weighted by Gasteiger charge is 2.48. The molecular formula is C13H15FO2. The third-order valence-electron chi connectivity index (χ3n) is 3.66. The van der Waals surface area contributed by atoms with E-state index in [0.717, 1.165) is 12.8 Å². The molecule has 0 radical (unpaired) electrons. The molecule has 1 fully saturated rings. The van der Waals surface area contributed by atoms with Gasteiger partial charge >= 0.3 is 0 Å². The van der Waals surface area contributed by atoms with Crippen molar-refractivity contribution in [1.29, 1.82) is 0 Å². The van der Waals surface area contributed by atoms with E-state index in [1.165, 1.54) is 12.1 Å². The second-order valence-electron chi connectivity index (χ2n) is 5.20. The fourth-order valence-electron chi connectivity index (χ4n) is 3.07. The zero-order valence-electron chi connectivity index (χ0n) is 9.24. The van der Waals surface area contributed by atoms with Gasteiger partial charge < -0.3 is 9.84 Å². The summed E-state index contributed by atoms with van der Waals surface area (Å²) in [6.07, 6.45) is 1.97. The van der Waals surface area contributed by atoms with Crippen LogP contribution in [0.4, 0.5) is 4.39 Å². The zero-order chi connectivity index (χ0) is 11.3. The summed E-state index contributed by atoms with van der Waals surface area (Å²) in [5.74, 6) is 0.987. The molecule has 1 atom stereocenters. The molecule has 3 heteroatoms. The van der Waals surface area contributed by atoms with E-state index in [2.05, 4.69) is 6.92 Å². The maximum atomic E-state index is 13.1. The summed E-state index contributed by atoms with van der Waals surface area (Å²) >= 11 is 0. The largest absolute Gasteiger partial charge is 0.487 e. The van der Waals surface area contributed by atoms with Crippen LogP contribution >= 0.6 is 0 Å². The molecule has 1 N–H and O–H groups in total. The van der Waals surface area contributed by atoms with E-state index >= 15 is 0 Å². The SMILES string of the molecule is CC1CC2(C1)CC(O)c1cc(F)ccc1O2. The number of ether oxygens (including phenoxy) is 1. The minimum absolute atomic E-state index is 0.191. The van der Waals surface area contributed by atoms with Crippen LogP contribution in [0.5, 0.6) is 5.75 Å².